The Morgan fingerprint density at radius 2 is 1.83 bits per heavy atom. The van der Waals surface area contributed by atoms with E-state index >= 15 is 0 Å². The third kappa shape index (κ3) is 5.34. The van der Waals surface area contributed by atoms with Gasteiger partial charge in [-0.05, 0) is 64.0 Å². The number of benzene rings is 1. The highest BCUT2D eigenvalue weighted by Gasteiger charge is 2.30. The van der Waals surface area contributed by atoms with Gasteiger partial charge in [0.25, 0.3) is 0 Å². The second kappa shape index (κ2) is 8.79. The van der Waals surface area contributed by atoms with E-state index in [1.807, 2.05) is 26.0 Å². The van der Waals surface area contributed by atoms with Gasteiger partial charge in [-0.3, -0.25) is 9.78 Å². The predicted molar refractivity (Wildman–Crippen MR) is 115 cm³/mol. The zero-order valence-corrected chi connectivity index (χ0v) is 18.3. The van der Waals surface area contributed by atoms with Crippen LogP contribution in [0.4, 0.5) is 0 Å². The van der Waals surface area contributed by atoms with Crippen LogP contribution in [-0.4, -0.2) is 31.4 Å². The first-order chi connectivity index (χ1) is 13.7. The first-order valence-electron chi connectivity index (χ1n) is 10.4. The van der Waals surface area contributed by atoms with Gasteiger partial charge in [-0.25, -0.2) is 13.1 Å². The van der Waals surface area contributed by atoms with Crippen molar-refractivity contribution in [2.75, 3.05) is 6.54 Å². The first kappa shape index (κ1) is 21.7. The molecule has 0 unspecified atom stereocenters. The Morgan fingerprint density at radius 3 is 2.52 bits per heavy atom. The maximum absolute atomic E-state index is 12.8. The molecule has 0 atom stereocenters. The number of nitrogens with one attached hydrogen (secondary N) is 2. The van der Waals surface area contributed by atoms with Crippen LogP contribution >= 0.6 is 0 Å². The lowest BCUT2D eigenvalue weighted by Gasteiger charge is -2.31. The van der Waals surface area contributed by atoms with Crippen molar-refractivity contribution in [2.24, 2.45) is 11.8 Å². The lowest BCUT2D eigenvalue weighted by atomic mass is 9.81. The minimum atomic E-state index is -3.64. The third-order valence-electron chi connectivity index (χ3n) is 6.01. The van der Waals surface area contributed by atoms with Crippen molar-refractivity contribution in [3.8, 4) is 0 Å². The molecule has 6 nitrogen and oxygen atoms in total. The predicted octanol–water partition coefficient (Wildman–Crippen LogP) is 3.62. The number of carbonyl (C=O) groups is 1. The van der Waals surface area contributed by atoms with E-state index in [2.05, 4.69) is 21.9 Å². The number of carbonyl (C=O) groups excluding carboxylic acids is 1. The van der Waals surface area contributed by atoms with Crippen molar-refractivity contribution < 1.29 is 13.2 Å². The maximum Gasteiger partial charge on any atom is 0.242 e. The van der Waals surface area contributed by atoms with E-state index in [4.69, 9.17) is 0 Å². The maximum atomic E-state index is 12.8. The molecular formula is C22H31N3O3S. The molecule has 1 aromatic heterocycles. The summed E-state index contributed by atoms with van der Waals surface area (Å²) < 4.78 is 28.4. The van der Waals surface area contributed by atoms with Crippen LogP contribution in [0.15, 0.2) is 41.4 Å². The standard InChI is InChI=1S/C22H31N3O3S/c1-4-22(2,3)25-21(26)18-12-10-16(11-13-18)15-24-29(27,28)19-9-5-7-17-8-6-14-23-20(17)19/h5-9,14,16,18,24H,4,10-13,15H2,1-3H3,(H,25,26). The lowest BCUT2D eigenvalue weighted by Crippen LogP contribution is -2.46. The van der Waals surface area contributed by atoms with E-state index < -0.39 is 10.0 Å². The summed E-state index contributed by atoms with van der Waals surface area (Å²) in [7, 11) is -3.64. The molecule has 2 N–H and O–H groups in total. The molecule has 1 heterocycles. The quantitative estimate of drug-likeness (QED) is 0.720. The molecule has 0 aliphatic heterocycles. The summed E-state index contributed by atoms with van der Waals surface area (Å²) in [5.41, 5.74) is 0.303. The van der Waals surface area contributed by atoms with E-state index in [-0.39, 0.29) is 28.2 Å². The summed E-state index contributed by atoms with van der Waals surface area (Å²) in [6.07, 6.45) is 5.79. The van der Waals surface area contributed by atoms with Crippen molar-refractivity contribution in [3.63, 3.8) is 0 Å². The topological polar surface area (TPSA) is 88.2 Å². The number of nitrogens with zero attached hydrogens (tertiary/aromatic N) is 1. The second-order valence-electron chi connectivity index (χ2n) is 8.63. The minimum Gasteiger partial charge on any atom is -0.351 e. The number of hydrogen-bond donors (Lipinski definition) is 2. The summed E-state index contributed by atoms with van der Waals surface area (Å²) in [6, 6.07) is 8.83. The Bertz CT molecular complexity index is 959. The molecule has 0 spiro atoms. The van der Waals surface area contributed by atoms with Crippen LogP contribution in [-0.2, 0) is 14.8 Å². The zero-order chi connectivity index (χ0) is 21.1. The fraction of sp³-hybridized carbons (Fsp3) is 0.545. The van der Waals surface area contributed by atoms with Crippen LogP contribution in [0.5, 0.6) is 0 Å². The Labute approximate surface area is 173 Å². The number of rotatable bonds is 7. The third-order valence-corrected chi connectivity index (χ3v) is 7.47. The molecule has 2 aromatic rings. The number of hydrogen-bond acceptors (Lipinski definition) is 4. The Hall–Kier alpha value is -1.99. The second-order valence-corrected chi connectivity index (χ2v) is 10.4. The molecule has 0 saturated heterocycles. The van der Waals surface area contributed by atoms with Gasteiger partial charge in [-0.2, -0.15) is 0 Å². The van der Waals surface area contributed by atoms with E-state index in [0.29, 0.717) is 12.1 Å². The molecule has 3 rings (SSSR count). The summed E-state index contributed by atoms with van der Waals surface area (Å²) >= 11 is 0. The highest BCUT2D eigenvalue weighted by molar-refractivity contribution is 7.89. The number of aromatic nitrogens is 1. The molecule has 1 aliphatic carbocycles. The molecule has 0 radical (unpaired) electrons. The van der Waals surface area contributed by atoms with E-state index in [9.17, 15) is 13.2 Å². The van der Waals surface area contributed by atoms with E-state index in [1.54, 1.807) is 24.4 Å². The molecule has 1 saturated carbocycles. The molecule has 0 bridgehead atoms. The number of sulfonamides is 1. The van der Waals surface area contributed by atoms with Gasteiger partial charge in [0.15, 0.2) is 0 Å². The largest absolute Gasteiger partial charge is 0.351 e. The average molecular weight is 418 g/mol. The number of para-hydroxylation sites is 1. The number of pyridine rings is 1. The SMILES string of the molecule is CCC(C)(C)NC(=O)C1CCC(CNS(=O)(=O)c2cccc3cccnc23)CC1. The van der Waals surface area contributed by atoms with Crippen molar-refractivity contribution in [1.29, 1.82) is 0 Å². The van der Waals surface area contributed by atoms with Gasteiger partial charge in [-0.15, -0.1) is 0 Å². The van der Waals surface area contributed by atoms with Gasteiger partial charge < -0.3 is 5.32 Å². The van der Waals surface area contributed by atoms with E-state index in [1.165, 1.54) is 0 Å². The van der Waals surface area contributed by atoms with Crippen molar-refractivity contribution >= 4 is 26.8 Å². The van der Waals surface area contributed by atoms with Gasteiger partial charge in [0.1, 0.15) is 4.90 Å². The molecule has 29 heavy (non-hydrogen) atoms. The smallest absolute Gasteiger partial charge is 0.242 e. The summed E-state index contributed by atoms with van der Waals surface area (Å²) in [5.74, 6) is 0.393. The molecular weight excluding hydrogens is 386 g/mol. The molecule has 1 aliphatic rings. The highest BCUT2D eigenvalue weighted by atomic mass is 32.2. The molecule has 7 heteroatoms. The Morgan fingerprint density at radius 1 is 1.14 bits per heavy atom. The summed E-state index contributed by atoms with van der Waals surface area (Å²) in [4.78, 5) is 16.9. The van der Waals surface area contributed by atoms with Crippen LogP contribution in [0.1, 0.15) is 52.9 Å². The Kier molecular flexibility index (Phi) is 6.58. The van der Waals surface area contributed by atoms with Crippen LogP contribution in [0, 0.1) is 11.8 Å². The van der Waals surface area contributed by atoms with Crippen molar-refractivity contribution in [1.82, 2.24) is 15.0 Å². The normalized spacial score (nSPS) is 20.5. The van der Waals surface area contributed by atoms with Gasteiger partial charge in [0, 0.05) is 29.6 Å². The molecule has 1 fully saturated rings. The number of fused-ring (bicyclic) bond motifs is 1. The van der Waals surface area contributed by atoms with Crippen LogP contribution < -0.4 is 10.0 Å². The monoisotopic (exact) mass is 417 g/mol. The summed E-state index contributed by atoms with van der Waals surface area (Å²) in [6.45, 7) is 6.52. The number of amides is 1. The van der Waals surface area contributed by atoms with Crippen molar-refractivity contribution in [2.45, 2.75) is 63.3 Å². The van der Waals surface area contributed by atoms with Gasteiger partial charge in [0.05, 0.1) is 5.52 Å². The van der Waals surface area contributed by atoms with Crippen molar-refractivity contribution in [3.05, 3.63) is 36.5 Å². The lowest BCUT2D eigenvalue weighted by molar-refractivity contribution is -0.127. The van der Waals surface area contributed by atoms with Crippen LogP contribution in [0.25, 0.3) is 10.9 Å². The zero-order valence-electron chi connectivity index (χ0n) is 17.4. The minimum absolute atomic E-state index is 0.0240. The van der Waals surface area contributed by atoms with Crippen LogP contribution in [0.3, 0.4) is 0 Å². The van der Waals surface area contributed by atoms with Gasteiger partial charge in [0.2, 0.25) is 15.9 Å². The average Bonchev–Trinajstić information content (AvgIpc) is 2.72. The molecule has 1 amide bonds. The fourth-order valence-corrected chi connectivity index (χ4v) is 5.04. The Balaban J connectivity index is 1.57. The summed E-state index contributed by atoms with van der Waals surface area (Å²) in [5, 5.41) is 3.93. The van der Waals surface area contributed by atoms with E-state index in [0.717, 1.165) is 37.5 Å². The fourth-order valence-electron chi connectivity index (χ4n) is 3.75. The highest BCUT2D eigenvalue weighted by Crippen LogP contribution is 2.30. The van der Waals surface area contributed by atoms with Crippen LogP contribution in [0.2, 0.25) is 0 Å². The van der Waals surface area contributed by atoms with Gasteiger partial charge >= 0.3 is 0 Å². The molecule has 1 aromatic carbocycles. The molecule has 158 valence electrons. The first-order valence-corrected chi connectivity index (χ1v) is 11.9. The van der Waals surface area contributed by atoms with Gasteiger partial charge in [-0.1, -0.05) is 25.1 Å².